The van der Waals surface area contributed by atoms with Crippen molar-refractivity contribution in [2.75, 3.05) is 17.3 Å². The van der Waals surface area contributed by atoms with E-state index in [-0.39, 0.29) is 0 Å². The highest BCUT2D eigenvalue weighted by molar-refractivity contribution is 9.10. The summed E-state index contributed by atoms with van der Waals surface area (Å²) in [4.78, 5) is 22.8. The van der Waals surface area contributed by atoms with Gasteiger partial charge < -0.3 is 15.7 Å². The van der Waals surface area contributed by atoms with E-state index in [0.717, 1.165) is 10.0 Å². The van der Waals surface area contributed by atoms with Gasteiger partial charge in [0.2, 0.25) is 0 Å². The van der Waals surface area contributed by atoms with Crippen molar-refractivity contribution in [1.29, 1.82) is 0 Å². The van der Waals surface area contributed by atoms with Crippen molar-refractivity contribution in [3.8, 4) is 0 Å². The third kappa shape index (κ3) is 5.83. The van der Waals surface area contributed by atoms with Crippen LogP contribution in [0.4, 0.5) is 10.5 Å². The smallest absolute Gasteiger partial charge is 0.326 e. The number of rotatable bonds is 6. The van der Waals surface area contributed by atoms with Crippen LogP contribution in [0.5, 0.6) is 0 Å². The van der Waals surface area contributed by atoms with Crippen LogP contribution in [0.25, 0.3) is 0 Å². The Hall–Kier alpha value is -1.21. The number of thioether (sulfide) groups is 1. The van der Waals surface area contributed by atoms with Crippen LogP contribution >= 0.6 is 27.7 Å². The molecule has 0 bridgehead atoms. The molecule has 0 saturated carbocycles. The van der Waals surface area contributed by atoms with Gasteiger partial charge in [-0.2, -0.15) is 11.8 Å². The summed E-state index contributed by atoms with van der Waals surface area (Å²) in [6, 6.07) is 4.08. The van der Waals surface area contributed by atoms with E-state index in [4.69, 9.17) is 5.11 Å². The molecule has 0 aliphatic carbocycles. The highest BCUT2D eigenvalue weighted by Crippen LogP contribution is 2.19. The largest absolute Gasteiger partial charge is 0.480 e. The number of aliphatic carboxylic acids is 1. The predicted molar refractivity (Wildman–Crippen MR) is 85.5 cm³/mol. The minimum atomic E-state index is -1.03. The second kappa shape index (κ2) is 8.16. The highest BCUT2D eigenvalue weighted by atomic mass is 79.9. The number of carboxylic acids is 1. The van der Waals surface area contributed by atoms with Gasteiger partial charge in [0, 0.05) is 10.2 Å². The molecule has 0 saturated heterocycles. The van der Waals surface area contributed by atoms with E-state index in [1.165, 1.54) is 0 Å². The minimum Gasteiger partial charge on any atom is -0.480 e. The van der Waals surface area contributed by atoms with E-state index < -0.39 is 18.0 Å². The Bertz CT molecular complexity index is 476. The van der Waals surface area contributed by atoms with Crippen molar-refractivity contribution in [3.63, 3.8) is 0 Å². The number of hydrogen-bond acceptors (Lipinski definition) is 3. The predicted octanol–water partition coefficient (Wildman–Crippen LogP) is 3.09. The maximum atomic E-state index is 11.8. The average Bonchev–Trinajstić information content (AvgIpc) is 2.32. The first-order valence-corrected chi connectivity index (χ1v) is 8.17. The Labute approximate surface area is 130 Å². The number of urea groups is 1. The van der Waals surface area contributed by atoms with E-state index in [1.54, 1.807) is 17.8 Å². The van der Waals surface area contributed by atoms with Crippen LogP contribution in [0, 0.1) is 6.92 Å². The van der Waals surface area contributed by atoms with E-state index >= 15 is 0 Å². The van der Waals surface area contributed by atoms with Gasteiger partial charge in [-0.15, -0.1) is 0 Å². The van der Waals surface area contributed by atoms with Crippen LogP contribution in [0.15, 0.2) is 22.7 Å². The van der Waals surface area contributed by atoms with Crippen LogP contribution in [-0.2, 0) is 4.79 Å². The molecule has 0 fully saturated rings. The van der Waals surface area contributed by atoms with Gasteiger partial charge in [-0.05, 0) is 49.1 Å². The summed E-state index contributed by atoms with van der Waals surface area (Å²) in [6.45, 7) is 1.91. The van der Waals surface area contributed by atoms with E-state index in [1.807, 2.05) is 25.3 Å². The number of carbonyl (C=O) groups excluding carboxylic acids is 1. The van der Waals surface area contributed by atoms with Gasteiger partial charge in [0.05, 0.1) is 0 Å². The molecule has 1 rings (SSSR count). The minimum absolute atomic E-state index is 0.390. The zero-order chi connectivity index (χ0) is 15.1. The molecule has 2 amide bonds. The topological polar surface area (TPSA) is 78.4 Å². The first-order chi connectivity index (χ1) is 9.42. The molecular formula is C13H17BrN2O3S. The number of carboxylic acid groups (broad SMARTS) is 1. The number of carbonyl (C=O) groups is 2. The number of amides is 2. The highest BCUT2D eigenvalue weighted by Gasteiger charge is 2.19. The monoisotopic (exact) mass is 360 g/mol. The van der Waals surface area contributed by atoms with Gasteiger partial charge in [-0.25, -0.2) is 9.59 Å². The molecule has 0 aromatic heterocycles. The Morgan fingerprint density at radius 1 is 1.40 bits per heavy atom. The van der Waals surface area contributed by atoms with Crippen LogP contribution in [0.3, 0.4) is 0 Å². The molecule has 3 N–H and O–H groups in total. The molecular weight excluding hydrogens is 344 g/mol. The van der Waals surface area contributed by atoms with Crippen molar-refractivity contribution in [2.24, 2.45) is 0 Å². The molecule has 110 valence electrons. The number of benzene rings is 1. The lowest BCUT2D eigenvalue weighted by molar-refractivity contribution is -0.139. The lowest BCUT2D eigenvalue weighted by Gasteiger charge is -2.15. The molecule has 20 heavy (non-hydrogen) atoms. The lowest BCUT2D eigenvalue weighted by Crippen LogP contribution is -2.43. The molecule has 1 unspecified atom stereocenters. The number of anilines is 1. The summed E-state index contributed by atoms with van der Waals surface area (Å²) in [7, 11) is 0. The second-order valence-electron chi connectivity index (χ2n) is 4.29. The standard InChI is InChI=1S/C13H17BrN2O3S/c1-8-5-9(14)7-10(6-8)15-13(19)16-11(12(17)18)3-4-20-2/h5-7,11H,3-4H2,1-2H3,(H,17,18)(H2,15,16,19). The second-order valence-corrected chi connectivity index (χ2v) is 6.19. The molecule has 1 atom stereocenters. The van der Waals surface area contributed by atoms with Crippen LogP contribution in [-0.4, -0.2) is 35.2 Å². The Balaban J connectivity index is 2.63. The number of halogens is 1. The first kappa shape index (κ1) is 16.8. The van der Waals surface area contributed by atoms with Crippen LogP contribution in [0.2, 0.25) is 0 Å². The van der Waals surface area contributed by atoms with Gasteiger partial charge in [0.1, 0.15) is 6.04 Å². The van der Waals surface area contributed by atoms with Crippen LogP contribution in [0.1, 0.15) is 12.0 Å². The maximum Gasteiger partial charge on any atom is 0.326 e. The van der Waals surface area contributed by atoms with Crippen molar-refractivity contribution < 1.29 is 14.7 Å². The van der Waals surface area contributed by atoms with Crippen molar-refractivity contribution in [2.45, 2.75) is 19.4 Å². The molecule has 0 aliphatic rings. The SMILES string of the molecule is CSCCC(NC(=O)Nc1cc(C)cc(Br)c1)C(=O)O. The van der Waals surface area contributed by atoms with Gasteiger partial charge in [0.15, 0.2) is 0 Å². The lowest BCUT2D eigenvalue weighted by atomic mass is 10.2. The van der Waals surface area contributed by atoms with Crippen molar-refractivity contribution in [1.82, 2.24) is 5.32 Å². The van der Waals surface area contributed by atoms with Gasteiger partial charge >= 0.3 is 12.0 Å². The molecule has 1 aromatic rings. The van der Waals surface area contributed by atoms with Crippen LogP contribution < -0.4 is 10.6 Å². The summed E-state index contributed by atoms with van der Waals surface area (Å²) < 4.78 is 0.852. The zero-order valence-electron chi connectivity index (χ0n) is 11.3. The first-order valence-electron chi connectivity index (χ1n) is 5.99. The molecule has 7 heteroatoms. The van der Waals surface area contributed by atoms with Gasteiger partial charge in [0.25, 0.3) is 0 Å². The number of aryl methyl sites for hydroxylation is 1. The Kier molecular flexibility index (Phi) is 6.87. The van der Waals surface area contributed by atoms with Gasteiger partial charge in [-0.1, -0.05) is 15.9 Å². The van der Waals surface area contributed by atoms with Crippen molar-refractivity contribution >= 4 is 45.4 Å². The number of nitrogens with one attached hydrogen (secondary N) is 2. The van der Waals surface area contributed by atoms with E-state index in [2.05, 4.69) is 26.6 Å². The zero-order valence-corrected chi connectivity index (χ0v) is 13.7. The summed E-state index contributed by atoms with van der Waals surface area (Å²) in [5, 5.41) is 14.1. The third-order valence-corrected chi connectivity index (χ3v) is 3.62. The fourth-order valence-electron chi connectivity index (χ4n) is 1.63. The summed E-state index contributed by atoms with van der Waals surface area (Å²) >= 11 is 4.88. The maximum absolute atomic E-state index is 11.8. The van der Waals surface area contributed by atoms with Gasteiger partial charge in [-0.3, -0.25) is 0 Å². The quantitative estimate of drug-likeness (QED) is 0.728. The average molecular weight is 361 g/mol. The summed E-state index contributed by atoms with van der Waals surface area (Å²) in [5.74, 6) is -0.354. The molecule has 0 radical (unpaired) electrons. The summed E-state index contributed by atoms with van der Waals surface area (Å²) in [5.41, 5.74) is 1.61. The Morgan fingerprint density at radius 3 is 2.65 bits per heavy atom. The fraction of sp³-hybridized carbons (Fsp3) is 0.385. The van der Waals surface area contributed by atoms with Crippen molar-refractivity contribution in [3.05, 3.63) is 28.2 Å². The molecule has 0 spiro atoms. The normalized spacial score (nSPS) is 11.8. The number of hydrogen-bond donors (Lipinski definition) is 3. The summed E-state index contributed by atoms with van der Waals surface area (Å²) in [6.07, 6.45) is 2.28. The molecule has 0 heterocycles. The third-order valence-electron chi connectivity index (χ3n) is 2.51. The molecule has 5 nitrogen and oxygen atoms in total. The Morgan fingerprint density at radius 2 is 2.10 bits per heavy atom. The van der Waals surface area contributed by atoms with E-state index in [9.17, 15) is 9.59 Å². The molecule has 0 aliphatic heterocycles. The van der Waals surface area contributed by atoms with E-state index in [0.29, 0.717) is 17.9 Å². The molecule has 1 aromatic carbocycles. The fourth-order valence-corrected chi connectivity index (χ4v) is 2.71.